The largest absolute Gasteiger partial charge is 0.488 e. The minimum absolute atomic E-state index is 0.502. The Morgan fingerprint density at radius 2 is 1.91 bits per heavy atom. The van der Waals surface area contributed by atoms with Crippen LogP contribution in [0.2, 0.25) is 0 Å². The molecule has 0 bridgehead atoms. The van der Waals surface area contributed by atoms with Gasteiger partial charge in [-0.3, -0.25) is 5.43 Å². The zero-order valence-corrected chi connectivity index (χ0v) is 14.2. The second-order valence-electron chi connectivity index (χ2n) is 5.04. The third-order valence-corrected chi connectivity index (χ3v) is 3.38. The van der Waals surface area contributed by atoms with Crippen LogP contribution in [0, 0.1) is 6.92 Å². The Kier molecular flexibility index (Phi) is 6.56. The third-order valence-electron chi connectivity index (χ3n) is 3.14. The summed E-state index contributed by atoms with van der Waals surface area (Å²) in [6.45, 7) is 5.33. The van der Waals surface area contributed by atoms with E-state index in [0.29, 0.717) is 11.7 Å². The molecule has 2 rings (SSSR count). The van der Waals surface area contributed by atoms with Crippen LogP contribution in [0.5, 0.6) is 5.75 Å². The smallest absolute Gasteiger partial charge is 0.186 e. The molecule has 2 aromatic carbocycles. The molecule has 0 amide bonds. The van der Waals surface area contributed by atoms with Gasteiger partial charge >= 0.3 is 0 Å². The van der Waals surface area contributed by atoms with E-state index in [0.717, 1.165) is 23.4 Å². The number of ether oxygens (including phenoxy) is 1. The zero-order valence-electron chi connectivity index (χ0n) is 13.4. The number of thiocarbonyl (C=S) groups is 1. The van der Waals surface area contributed by atoms with Gasteiger partial charge < -0.3 is 10.1 Å². The van der Waals surface area contributed by atoms with Gasteiger partial charge in [0.05, 0.1) is 6.21 Å². The van der Waals surface area contributed by atoms with E-state index in [1.807, 2.05) is 31.2 Å². The van der Waals surface area contributed by atoms with Gasteiger partial charge in [-0.2, -0.15) is 5.10 Å². The molecule has 0 aromatic heterocycles. The molecular weight excluding hydrogens is 306 g/mol. The first-order valence-corrected chi connectivity index (χ1v) is 7.94. The summed E-state index contributed by atoms with van der Waals surface area (Å²) >= 11 is 5.06. The Labute approximate surface area is 142 Å². The summed E-state index contributed by atoms with van der Waals surface area (Å²) in [6, 6.07) is 16.1. The summed E-state index contributed by atoms with van der Waals surface area (Å²) in [7, 11) is 0. The van der Waals surface area contributed by atoms with Gasteiger partial charge in [0.2, 0.25) is 0 Å². The number of para-hydroxylation sites is 1. The molecule has 0 radical (unpaired) electrons. The molecule has 0 fully saturated rings. The lowest BCUT2D eigenvalue weighted by Gasteiger charge is -2.09. The lowest BCUT2D eigenvalue weighted by atomic mass is 10.1. The molecule has 120 valence electrons. The van der Waals surface area contributed by atoms with Crippen molar-refractivity contribution < 1.29 is 4.74 Å². The number of nitrogens with zero attached hydrogens (tertiary/aromatic N) is 1. The first-order valence-electron chi connectivity index (χ1n) is 7.53. The van der Waals surface area contributed by atoms with Crippen molar-refractivity contribution in [2.24, 2.45) is 5.10 Å². The predicted molar refractivity (Wildman–Crippen MR) is 99.0 cm³/mol. The molecule has 23 heavy (non-hydrogen) atoms. The number of hydrogen-bond acceptors (Lipinski definition) is 3. The molecule has 0 saturated carbocycles. The average Bonchev–Trinajstić information content (AvgIpc) is 2.56. The van der Waals surface area contributed by atoms with Crippen LogP contribution in [0.4, 0.5) is 0 Å². The van der Waals surface area contributed by atoms with Crippen LogP contribution in [0.15, 0.2) is 53.6 Å². The van der Waals surface area contributed by atoms with Crippen LogP contribution in [-0.2, 0) is 6.61 Å². The van der Waals surface area contributed by atoms with Crippen LogP contribution >= 0.6 is 12.2 Å². The van der Waals surface area contributed by atoms with E-state index in [4.69, 9.17) is 17.0 Å². The third kappa shape index (κ3) is 5.71. The maximum Gasteiger partial charge on any atom is 0.186 e. The molecule has 0 atom stereocenters. The highest BCUT2D eigenvalue weighted by molar-refractivity contribution is 7.80. The number of rotatable bonds is 6. The molecule has 4 nitrogen and oxygen atoms in total. The van der Waals surface area contributed by atoms with Gasteiger partial charge in [0.1, 0.15) is 12.4 Å². The lowest BCUT2D eigenvalue weighted by molar-refractivity contribution is 0.306. The monoisotopic (exact) mass is 327 g/mol. The van der Waals surface area contributed by atoms with E-state index in [2.05, 4.69) is 47.0 Å². The second kappa shape index (κ2) is 8.90. The number of nitrogens with one attached hydrogen (secondary N) is 2. The molecule has 0 aliphatic heterocycles. The molecule has 0 aliphatic rings. The first-order chi connectivity index (χ1) is 11.2. The highest BCUT2D eigenvalue weighted by Gasteiger charge is 2.01. The van der Waals surface area contributed by atoms with Crippen LogP contribution in [0.3, 0.4) is 0 Å². The SMILES string of the molecule is CCNC(=S)NN=Cc1ccccc1OCc1ccc(C)cc1. The fourth-order valence-corrected chi connectivity index (χ4v) is 2.12. The van der Waals surface area contributed by atoms with Crippen LogP contribution in [0.25, 0.3) is 0 Å². The van der Waals surface area contributed by atoms with Crippen LogP contribution < -0.4 is 15.5 Å². The molecule has 0 unspecified atom stereocenters. The normalized spacial score (nSPS) is 10.5. The Bertz CT molecular complexity index is 668. The van der Waals surface area contributed by atoms with Gasteiger partial charge in [0.15, 0.2) is 5.11 Å². The Hall–Kier alpha value is -2.40. The van der Waals surface area contributed by atoms with Crippen molar-refractivity contribution in [2.75, 3.05) is 6.54 Å². The maximum absolute atomic E-state index is 5.90. The first kappa shape index (κ1) is 17.0. The second-order valence-corrected chi connectivity index (χ2v) is 5.45. The minimum Gasteiger partial charge on any atom is -0.488 e. The number of hydrazone groups is 1. The topological polar surface area (TPSA) is 45.7 Å². The van der Waals surface area contributed by atoms with Crippen molar-refractivity contribution in [1.82, 2.24) is 10.7 Å². The van der Waals surface area contributed by atoms with Gasteiger partial charge in [-0.25, -0.2) is 0 Å². The van der Waals surface area contributed by atoms with Gasteiger partial charge in [-0.15, -0.1) is 0 Å². The number of benzene rings is 2. The van der Waals surface area contributed by atoms with Crippen LogP contribution in [0.1, 0.15) is 23.6 Å². The van der Waals surface area contributed by atoms with Crippen molar-refractivity contribution in [3.8, 4) is 5.75 Å². The van der Waals surface area contributed by atoms with Gasteiger partial charge in [-0.05, 0) is 43.8 Å². The molecule has 2 N–H and O–H groups in total. The summed E-state index contributed by atoms with van der Waals surface area (Å²) in [4.78, 5) is 0. The summed E-state index contributed by atoms with van der Waals surface area (Å²) in [5.41, 5.74) is 6.04. The molecule has 0 heterocycles. The molecule has 2 aromatic rings. The zero-order chi connectivity index (χ0) is 16.5. The van der Waals surface area contributed by atoms with Gasteiger partial charge in [-0.1, -0.05) is 42.0 Å². The number of aryl methyl sites for hydroxylation is 1. The van der Waals surface area contributed by atoms with E-state index in [-0.39, 0.29) is 0 Å². The Balaban J connectivity index is 1.98. The van der Waals surface area contributed by atoms with Crippen molar-refractivity contribution in [3.63, 3.8) is 0 Å². The summed E-state index contributed by atoms with van der Waals surface area (Å²) in [5, 5.41) is 7.60. The molecule has 5 heteroatoms. The van der Waals surface area contributed by atoms with Crippen molar-refractivity contribution in [1.29, 1.82) is 0 Å². The maximum atomic E-state index is 5.90. The standard InChI is InChI=1S/C18H21N3OS/c1-3-19-18(23)21-20-12-16-6-4-5-7-17(16)22-13-15-10-8-14(2)9-11-15/h4-12H,3,13H2,1-2H3,(H2,19,21,23). The van der Waals surface area contributed by atoms with Crippen molar-refractivity contribution in [2.45, 2.75) is 20.5 Å². The fraction of sp³-hybridized carbons (Fsp3) is 0.222. The van der Waals surface area contributed by atoms with Crippen molar-refractivity contribution >= 4 is 23.5 Å². The molecular formula is C18H21N3OS. The Morgan fingerprint density at radius 1 is 1.17 bits per heavy atom. The van der Waals surface area contributed by atoms with E-state index < -0.39 is 0 Å². The number of hydrogen-bond donors (Lipinski definition) is 2. The highest BCUT2D eigenvalue weighted by Crippen LogP contribution is 2.17. The molecule has 0 spiro atoms. The predicted octanol–water partition coefficient (Wildman–Crippen LogP) is 3.39. The van der Waals surface area contributed by atoms with Crippen molar-refractivity contribution in [3.05, 3.63) is 65.2 Å². The molecule has 0 aliphatic carbocycles. The lowest BCUT2D eigenvalue weighted by Crippen LogP contribution is -2.31. The summed E-state index contributed by atoms with van der Waals surface area (Å²) in [6.07, 6.45) is 1.70. The van der Waals surface area contributed by atoms with Crippen LogP contribution in [-0.4, -0.2) is 17.9 Å². The quantitative estimate of drug-likeness (QED) is 0.485. The summed E-state index contributed by atoms with van der Waals surface area (Å²) in [5.74, 6) is 0.785. The summed E-state index contributed by atoms with van der Waals surface area (Å²) < 4.78 is 5.90. The molecule has 0 saturated heterocycles. The van der Waals surface area contributed by atoms with E-state index in [1.54, 1.807) is 6.21 Å². The van der Waals surface area contributed by atoms with E-state index in [9.17, 15) is 0 Å². The van der Waals surface area contributed by atoms with E-state index in [1.165, 1.54) is 5.56 Å². The average molecular weight is 327 g/mol. The Morgan fingerprint density at radius 3 is 2.65 bits per heavy atom. The fourth-order valence-electron chi connectivity index (χ4n) is 1.92. The van der Waals surface area contributed by atoms with E-state index >= 15 is 0 Å². The minimum atomic E-state index is 0.502. The van der Waals surface area contributed by atoms with Gasteiger partial charge in [0.25, 0.3) is 0 Å². The van der Waals surface area contributed by atoms with Gasteiger partial charge in [0, 0.05) is 12.1 Å². The highest BCUT2D eigenvalue weighted by atomic mass is 32.1.